The topological polar surface area (TPSA) is 25.8 Å². The molecular formula is C4H3IN2. The molecule has 0 bridgehead atoms. The number of halogens is 1. The van der Waals surface area contributed by atoms with Crippen molar-refractivity contribution in [3.05, 3.63) is 22.3 Å². The summed E-state index contributed by atoms with van der Waals surface area (Å²) in [6.07, 6.45) is 3.23. The van der Waals surface area contributed by atoms with Crippen molar-refractivity contribution in [1.82, 2.24) is 9.97 Å². The lowest BCUT2D eigenvalue weighted by Crippen LogP contribution is -1.76. The highest BCUT2D eigenvalue weighted by molar-refractivity contribution is 14.1. The minimum atomic E-state index is 0.219. The molecule has 0 saturated heterocycles. The fourth-order valence-corrected chi connectivity index (χ4v) is 0.552. The largest absolute Gasteiger partial charge is 0.260 e. The van der Waals surface area contributed by atoms with Gasteiger partial charge < -0.3 is 0 Å². The Morgan fingerprint density at radius 1 is 1.86 bits per heavy atom. The summed E-state index contributed by atoms with van der Waals surface area (Å²) in [5, 5.41) is 0. The lowest BCUT2D eigenvalue weighted by Gasteiger charge is -1.79. The van der Waals surface area contributed by atoms with Gasteiger partial charge in [-0.1, -0.05) is 0 Å². The maximum Gasteiger partial charge on any atom is 0.119 e. The summed E-state index contributed by atoms with van der Waals surface area (Å²) in [5.74, 6) is 0. The van der Waals surface area contributed by atoms with Crippen LogP contribution < -0.4 is 0 Å². The van der Waals surface area contributed by atoms with Crippen molar-refractivity contribution in [2.24, 2.45) is 0 Å². The number of hydrogen-bond acceptors (Lipinski definition) is 2. The number of hydrogen-bond donors (Lipinski definition) is 0. The summed E-state index contributed by atoms with van der Waals surface area (Å²) in [6, 6.07) is 0. The molecule has 0 aliphatic heterocycles. The second kappa shape index (κ2) is 2.20. The second-order valence-corrected chi connectivity index (χ2v) is 2.08. The van der Waals surface area contributed by atoms with Gasteiger partial charge in [0, 0.05) is 12.4 Å². The van der Waals surface area contributed by atoms with E-state index in [4.69, 9.17) is 1.37 Å². The molecule has 0 radical (unpaired) electrons. The molecule has 0 aliphatic rings. The number of nitrogens with zero attached hydrogens (tertiary/aromatic N) is 2. The fraction of sp³-hybridized carbons (Fsp3) is 0. The maximum atomic E-state index is 6.96. The maximum absolute atomic E-state index is 6.96. The summed E-state index contributed by atoms with van der Waals surface area (Å²) in [4.78, 5) is 7.49. The van der Waals surface area contributed by atoms with Gasteiger partial charge in [-0.3, -0.25) is 4.98 Å². The average Bonchev–Trinajstić information content (AvgIpc) is 1.64. The zero-order valence-corrected chi connectivity index (χ0v) is 5.58. The van der Waals surface area contributed by atoms with Crippen LogP contribution in [0.2, 0.25) is 0 Å². The summed E-state index contributed by atoms with van der Waals surface area (Å²) < 4.78 is 7.72. The van der Waals surface area contributed by atoms with Crippen LogP contribution in [-0.4, -0.2) is 9.97 Å². The molecule has 1 heterocycles. The second-order valence-electron chi connectivity index (χ2n) is 0.971. The third-order valence-electron chi connectivity index (χ3n) is 0.485. The summed E-state index contributed by atoms with van der Waals surface area (Å²) in [5.41, 5.74) is 0. The Morgan fingerprint density at radius 3 is 3.14 bits per heavy atom. The molecule has 3 heteroatoms. The van der Waals surface area contributed by atoms with Gasteiger partial charge in [-0.25, -0.2) is 4.98 Å². The first-order valence-electron chi connectivity index (χ1n) is 2.23. The lowest BCUT2D eigenvalue weighted by atomic mass is 10.8. The van der Waals surface area contributed by atoms with E-state index in [1.165, 1.54) is 6.20 Å². The van der Waals surface area contributed by atoms with E-state index < -0.39 is 0 Å². The predicted molar refractivity (Wildman–Crippen MR) is 34.7 cm³/mol. The van der Waals surface area contributed by atoms with Gasteiger partial charge in [0.1, 0.15) is 3.70 Å². The van der Waals surface area contributed by atoms with Gasteiger partial charge in [-0.2, -0.15) is 0 Å². The molecule has 0 spiro atoms. The van der Waals surface area contributed by atoms with Crippen LogP contribution in [0.1, 0.15) is 1.37 Å². The van der Waals surface area contributed by atoms with E-state index in [-0.39, 0.29) is 6.17 Å². The average molecular weight is 207 g/mol. The molecule has 0 unspecified atom stereocenters. The third-order valence-corrected chi connectivity index (χ3v) is 1.00. The van der Waals surface area contributed by atoms with Crippen molar-refractivity contribution in [3.8, 4) is 0 Å². The zero-order valence-electron chi connectivity index (χ0n) is 4.43. The molecule has 2 nitrogen and oxygen atoms in total. The van der Waals surface area contributed by atoms with E-state index in [0.717, 1.165) is 3.70 Å². The Morgan fingerprint density at radius 2 is 2.71 bits per heavy atom. The van der Waals surface area contributed by atoms with E-state index in [1.807, 2.05) is 22.6 Å². The van der Waals surface area contributed by atoms with Crippen LogP contribution in [0.15, 0.2) is 18.6 Å². The van der Waals surface area contributed by atoms with Crippen LogP contribution in [0.3, 0.4) is 0 Å². The van der Waals surface area contributed by atoms with Crippen LogP contribution in [0.25, 0.3) is 0 Å². The van der Waals surface area contributed by atoms with Crippen molar-refractivity contribution in [3.63, 3.8) is 0 Å². The van der Waals surface area contributed by atoms with E-state index in [2.05, 4.69) is 9.97 Å². The van der Waals surface area contributed by atoms with Crippen molar-refractivity contribution >= 4 is 22.6 Å². The molecule has 0 amide bonds. The Hall–Kier alpha value is -0.190. The normalized spacial score (nSPS) is 10.7. The van der Waals surface area contributed by atoms with E-state index in [0.29, 0.717) is 0 Å². The van der Waals surface area contributed by atoms with Gasteiger partial charge in [-0.05, 0) is 22.6 Å². The minimum Gasteiger partial charge on any atom is -0.260 e. The van der Waals surface area contributed by atoms with Crippen LogP contribution >= 0.6 is 22.6 Å². The molecule has 36 valence electrons. The molecule has 1 aromatic rings. The van der Waals surface area contributed by atoms with E-state index in [9.17, 15) is 0 Å². The Kier molecular flexibility index (Phi) is 1.19. The van der Waals surface area contributed by atoms with Gasteiger partial charge in [0.2, 0.25) is 0 Å². The summed E-state index contributed by atoms with van der Waals surface area (Å²) in [6.45, 7) is 0. The number of rotatable bonds is 0. The van der Waals surface area contributed by atoms with Crippen LogP contribution in [0.5, 0.6) is 0 Å². The van der Waals surface area contributed by atoms with Crippen LogP contribution in [0.4, 0.5) is 0 Å². The van der Waals surface area contributed by atoms with Crippen molar-refractivity contribution in [2.75, 3.05) is 0 Å². The quantitative estimate of drug-likeness (QED) is 0.595. The van der Waals surface area contributed by atoms with Crippen molar-refractivity contribution in [1.29, 1.82) is 0 Å². The van der Waals surface area contributed by atoms with Crippen LogP contribution in [0, 0.1) is 3.70 Å². The Bertz CT molecular complexity index is 174. The molecule has 0 fully saturated rings. The van der Waals surface area contributed by atoms with Gasteiger partial charge >= 0.3 is 0 Å². The first kappa shape index (κ1) is 3.77. The van der Waals surface area contributed by atoms with E-state index >= 15 is 0 Å². The van der Waals surface area contributed by atoms with Gasteiger partial charge in [0.05, 0.1) is 7.57 Å². The molecule has 0 N–H and O–H groups in total. The van der Waals surface area contributed by atoms with Crippen molar-refractivity contribution < 1.29 is 1.37 Å². The molecule has 0 aromatic carbocycles. The minimum absolute atomic E-state index is 0.219. The molecule has 1 rings (SSSR count). The molecule has 0 aliphatic carbocycles. The lowest BCUT2D eigenvalue weighted by molar-refractivity contribution is 1.16. The van der Waals surface area contributed by atoms with Crippen LogP contribution in [-0.2, 0) is 0 Å². The smallest absolute Gasteiger partial charge is 0.119 e. The zero-order chi connectivity index (χ0) is 5.98. The van der Waals surface area contributed by atoms with Gasteiger partial charge in [0.25, 0.3) is 0 Å². The highest BCUT2D eigenvalue weighted by Crippen LogP contribution is 1.91. The van der Waals surface area contributed by atoms with Gasteiger partial charge in [0.15, 0.2) is 0 Å². The molecule has 0 atom stereocenters. The molecule has 7 heavy (non-hydrogen) atoms. The summed E-state index contributed by atoms with van der Waals surface area (Å²) in [7, 11) is 0. The highest BCUT2D eigenvalue weighted by Gasteiger charge is 1.77. The fourth-order valence-electron chi connectivity index (χ4n) is 0.252. The predicted octanol–water partition coefficient (Wildman–Crippen LogP) is 1.08. The SMILES string of the molecule is [2H]c1cncc(I)n1. The first-order chi connectivity index (χ1) is 3.79. The molecule has 0 saturated carbocycles. The molecular weight excluding hydrogens is 203 g/mol. The monoisotopic (exact) mass is 207 g/mol. The third kappa shape index (κ3) is 1.38. The van der Waals surface area contributed by atoms with E-state index in [1.54, 1.807) is 6.20 Å². The van der Waals surface area contributed by atoms with Crippen molar-refractivity contribution in [2.45, 2.75) is 0 Å². The highest BCUT2D eigenvalue weighted by atomic mass is 127. The summed E-state index contributed by atoms with van der Waals surface area (Å²) >= 11 is 2.01. The first-order valence-corrected chi connectivity index (χ1v) is 2.81. The Balaban J connectivity index is 3.08. The molecule has 1 aromatic heterocycles. The van der Waals surface area contributed by atoms with Gasteiger partial charge in [-0.15, -0.1) is 0 Å². The Labute approximate surface area is 56.5 Å². The standard InChI is InChI=1S/C4H3IN2/c5-4-3-6-1-2-7-4/h1-3H/i2D. The number of aromatic nitrogens is 2.